The van der Waals surface area contributed by atoms with Crippen molar-refractivity contribution in [2.75, 3.05) is 6.54 Å². The van der Waals surface area contributed by atoms with E-state index in [1.807, 2.05) is 6.07 Å². The highest BCUT2D eigenvalue weighted by Gasteiger charge is 2.15. The fourth-order valence-electron chi connectivity index (χ4n) is 1.75. The monoisotopic (exact) mass is 391 g/mol. The van der Waals surface area contributed by atoms with Crippen LogP contribution in [0.2, 0.25) is 5.02 Å². The van der Waals surface area contributed by atoms with Gasteiger partial charge >= 0.3 is 0 Å². The normalized spacial score (nSPS) is 11.6. The first-order valence-corrected chi connectivity index (χ1v) is 8.73. The fraction of sp³-hybridized carbons (Fsp3) is 0.143. The minimum atomic E-state index is -3.72. The zero-order chi connectivity index (χ0) is 15.5. The van der Waals surface area contributed by atoms with Gasteiger partial charge in [-0.2, -0.15) is 0 Å². The third kappa shape index (κ3) is 4.51. The molecule has 0 heterocycles. The predicted molar refractivity (Wildman–Crippen MR) is 84.4 cm³/mol. The summed E-state index contributed by atoms with van der Waals surface area (Å²) in [6.45, 7) is 0.209. The van der Waals surface area contributed by atoms with E-state index < -0.39 is 15.8 Å². The number of hydrogen-bond acceptors (Lipinski definition) is 2. The number of nitrogens with one attached hydrogen (secondary N) is 1. The van der Waals surface area contributed by atoms with E-state index >= 15 is 0 Å². The van der Waals surface area contributed by atoms with Gasteiger partial charge in [0, 0.05) is 11.6 Å². The van der Waals surface area contributed by atoms with Crippen LogP contribution in [-0.4, -0.2) is 15.0 Å². The maximum atomic E-state index is 13.4. The highest BCUT2D eigenvalue weighted by Crippen LogP contribution is 2.19. The Morgan fingerprint density at radius 3 is 2.62 bits per heavy atom. The maximum absolute atomic E-state index is 13.4. The van der Waals surface area contributed by atoms with Crippen LogP contribution in [-0.2, 0) is 16.4 Å². The molecule has 0 spiro atoms. The average molecular weight is 393 g/mol. The summed E-state index contributed by atoms with van der Waals surface area (Å²) >= 11 is 8.84. The minimum Gasteiger partial charge on any atom is -0.211 e. The molecule has 112 valence electrons. The molecule has 2 aromatic carbocycles. The lowest BCUT2D eigenvalue weighted by molar-refractivity contribution is 0.577. The lowest BCUT2D eigenvalue weighted by Gasteiger charge is -2.07. The average Bonchev–Trinajstić information content (AvgIpc) is 2.41. The SMILES string of the molecule is O=S(=O)(NCCc1cccc(Cl)c1)c1ccc(Br)c(F)c1. The largest absolute Gasteiger partial charge is 0.240 e. The molecule has 3 nitrogen and oxygen atoms in total. The third-order valence-corrected chi connectivity index (χ3v) is 5.13. The summed E-state index contributed by atoms with van der Waals surface area (Å²) in [6, 6.07) is 10.9. The molecule has 0 radical (unpaired) electrons. The smallest absolute Gasteiger partial charge is 0.211 e. The summed E-state index contributed by atoms with van der Waals surface area (Å²) in [5, 5.41) is 0.602. The van der Waals surface area contributed by atoms with Crippen LogP contribution >= 0.6 is 27.5 Å². The van der Waals surface area contributed by atoms with Crippen molar-refractivity contribution in [1.82, 2.24) is 4.72 Å². The summed E-state index contributed by atoms with van der Waals surface area (Å²) in [5.41, 5.74) is 0.923. The van der Waals surface area contributed by atoms with E-state index in [-0.39, 0.29) is 15.9 Å². The van der Waals surface area contributed by atoms with Crippen molar-refractivity contribution >= 4 is 37.6 Å². The van der Waals surface area contributed by atoms with Gasteiger partial charge in [0.2, 0.25) is 10.0 Å². The molecular formula is C14H12BrClFNO2S. The molecule has 0 amide bonds. The Morgan fingerprint density at radius 2 is 1.95 bits per heavy atom. The highest BCUT2D eigenvalue weighted by molar-refractivity contribution is 9.10. The Morgan fingerprint density at radius 1 is 1.19 bits per heavy atom. The second-order valence-corrected chi connectivity index (χ2v) is 7.41. The first-order chi connectivity index (χ1) is 9.88. The lowest BCUT2D eigenvalue weighted by Crippen LogP contribution is -2.26. The number of benzene rings is 2. The fourth-order valence-corrected chi connectivity index (χ4v) is 3.25. The zero-order valence-electron chi connectivity index (χ0n) is 10.8. The molecule has 0 fully saturated rings. The lowest BCUT2D eigenvalue weighted by atomic mass is 10.2. The van der Waals surface area contributed by atoms with Gasteiger partial charge in [0.15, 0.2) is 0 Å². The Balaban J connectivity index is 2.03. The van der Waals surface area contributed by atoms with Crippen molar-refractivity contribution in [3.8, 4) is 0 Å². The van der Waals surface area contributed by atoms with Crippen LogP contribution in [0.3, 0.4) is 0 Å². The minimum absolute atomic E-state index is 0.103. The van der Waals surface area contributed by atoms with Crippen molar-refractivity contribution in [2.24, 2.45) is 0 Å². The van der Waals surface area contributed by atoms with Gasteiger partial charge in [-0.25, -0.2) is 17.5 Å². The van der Waals surface area contributed by atoms with E-state index in [4.69, 9.17) is 11.6 Å². The second kappa shape index (κ2) is 6.87. The molecule has 2 rings (SSSR count). The number of rotatable bonds is 5. The van der Waals surface area contributed by atoms with E-state index in [0.717, 1.165) is 11.6 Å². The molecule has 0 saturated heterocycles. The van der Waals surface area contributed by atoms with Gasteiger partial charge in [0.25, 0.3) is 0 Å². The van der Waals surface area contributed by atoms with E-state index in [1.165, 1.54) is 12.1 Å². The Kier molecular flexibility index (Phi) is 5.37. The maximum Gasteiger partial charge on any atom is 0.240 e. The van der Waals surface area contributed by atoms with Gasteiger partial charge in [-0.05, 0) is 58.2 Å². The van der Waals surface area contributed by atoms with E-state index in [2.05, 4.69) is 20.7 Å². The van der Waals surface area contributed by atoms with E-state index in [9.17, 15) is 12.8 Å². The van der Waals surface area contributed by atoms with Gasteiger partial charge in [0.1, 0.15) is 5.82 Å². The van der Waals surface area contributed by atoms with Crippen LogP contribution in [0, 0.1) is 5.82 Å². The molecule has 2 aromatic rings. The van der Waals surface area contributed by atoms with Crippen LogP contribution in [0.15, 0.2) is 51.8 Å². The van der Waals surface area contributed by atoms with Crippen molar-refractivity contribution in [3.63, 3.8) is 0 Å². The molecule has 0 aliphatic rings. The first-order valence-electron chi connectivity index (χ1n) is 6.08. The predicted octanol–water partition coefficient (Wildman–Crippen LogP) is 3.76. The summed E-state index contributed by atoms with van der Waals surface area (Å²) in [7, 11) is -3.72. The molecule has 0 bridgehead atoms. The molecule has 0 atom stereocenters. The van der Waals surface area contributed by atoms with Crippen molar-refractivity contribution in [2.45, 2.75) is 11.3 Å². The number of hydrogen-bond donors (Lipinski definition) is 1. The topological polar surface area (TPSA) is 46.2 Å². The summed E-state index contributed by atoms with van der Waals surface area (Å²) in [5.74, 6) is -0.618. The van der Waals surface area contributed by atoms with Gasteiger partial charge < -0.3 is 0 Å². The van der Waals surface area contributed by atoms with E-state index in [1.54, 1.807) is 18.2 Å². The van der Waals surface area contributed by atoms with Gasteiger partial charge in [-0.15, -0.1) is 0 Å². The zero-order valence-corrected chi connectivity index (χ0v) is 14.0. The standard InChI is InChI=1S/C14H12BrClFNO2S/c15-13-5-4-12(9-14(13)17)21(19,20)18-7-6-10-2-1-3-11(16)8-10/h1-5,8-9,18H,6-7H2. The number of halogens is 3. The van der Waals surface area contributed by atoms with Gasteiger partial charge in [0.05, 0.1) is 9.37 Å². The van der Waals surface area contributed by atoms with Crippen LogP contribution in [0.4, 0.5) is 4.39 Å². The molecular weight excluding hydrogens is 381 g/mol. The van der Waals surface area contributed by atoms with Gasteiger partial charge in [-0.3, -0.25) is 0 Å². The summed E-state index contributed by atoms with van der Waals surface area (Å²) in [6.07, 6.45) is 0.499. The quantitative estimate of drug-likeness (QED) is 0.842. The first kappa shape index (κ1) is 16.4. The summed E-state index contributed by atoms with van der Waals surface area (Å²) < 4.78 is 40.1. The van der Waals surface area contributed by atoms with Crippen molar-refractivity contribution in [1.29, 1.82) is 0 Å². The molecule has 0 saturated carbocycles. The van der Waals surface area contributed by atoms with Crippen LogP contribution in [0.25, 0.3) is 0 Å². The van der Waals surface area contributed by atoms with Crippen molar-refractivity contribution < 1.29 is 12.8 Å². The molecule has 0 aliphatic heterocycles. The van der Waals surface area contributed by atoms with Crippen molar-refractivity contribution in [3.05, 3.63) is 63.3 Å². The highest BCUT2D eigenvalue weighted by atomic mass is 79.9. The number of sulfonamides is 1. The third-order valence-electron chi connectivity index (χ3n) is 2.80. The van der Waals surface area contributed by atoms with E-state index in [0.29, 0.717) is 11.4 Å². The molecule has 0 unspecified atom stereocenters. The van der Waals surface area contributed by atoms with Crippen LogP contribution in [0.1, 0.15) is 5.56 Å². The molecule has 0 aliphatic carbocycles. The Labute approximate surface area is 136 Å². The second-order valence-electron chi connectivity index (χ2n) is 4.35. The van der Waals surface area contributed by atoms with Crippen LogP contribution in [0.5, 0.6) is 0 Å². The Hall–Kier alpha value is -0.950. The molecule has 0 aromatic heterocycles. The molecule has 21 heavy (non-hydrogen) atoms. The summed E-state index contributed by atoms with van der Waals surface area (Å²) in [4.78, 5) is -0.103. The Bertz CT molecular complexity index is 752. The van der Waals surface area contributed by atoms with Crippen LogP contribution < -0.4 is 4.72 Å². The molecule has 7 heteroatoms. The van der Waals surface area contributed by atoms with Gasteiger partial charge in [-0.1, -0.05) is 23.7 Å². The molecule has 1 N–H and O–H groups in total.